The van der Waals surface area contributed by atoms with E-state index in [-0.39, 0.29) is 5.56 Å². The molecular weight excluding hydrogens is 246 g/mol. The van der Waals surface area contributed by atoms with Crippen LogP contribution in [0.4, 0.5) is 5.82 Å². The second-order valence-electron chi connectivity index (χ2n) is 5.04. The van der Waals surface area contributed by atoms with Gasteiger partial charge in [-0.15, -0.1) is 0 Å². The second-order valence-corrected chi connectivity index (χ2v) is 5.04. The van der Waals surface area contributed by atoms with E-state index in [9.17, 15) is 4.79 Å². The van der Waals surface area contributed by atoms with Crippen LogP contribution in [0.15, 0.2) is 10.9 Å². The van der Waals surface area contributed by atoms with Gasteiger partial charge in [-0.25, -0.2) is 4.98 Å². The fourth-order valence-corrected chi connectivity index (χ4v) is 2.74. The fraction of sp³-hybridized carbons (Fsp3) is 0.692. The SMILES string of the molecule is CCc1nc(N2CCCC3(C2)OCCO3)cc(=O)[nH]1. The van der Waals surface area contributed by atoms with E-state index in [1.807, 2.05) is 6.92 Å². The van der Waals surface area contributed by atoms with E-state index in [0.29, 0.717) is 19.8 Å². The van der Waals surface area contributed by atoms with Crippen LogP contribution >= 0.6 is 0 Å². The zero-order valence-corrected chi connectivity index (χ0v) is 11.1. The van der Waals surface area contributed by atoms with Crippen molar-refractivity contribution >= 4 is 5.82 Å². The average molecular weight is 265 g/mol. The molecule has 0 atom stereocenters. The molecule has 1 spiro atoms. The number of H-pyrrole nitrogens is 1. The van der Waals surface area contributed by atoms with E-state index in [4.69, 9.17) is 9.47 Å². The molecule has 3 rings (SSSR count). The number of aromatic nitrogens is 2. The van der Waals surface area contributed by atoms with Crippen molar-refractivity contribution in [1.29, 1.82) is 0 Å². The van der Waals surface area contributed by atoms with Gasteiger partial charge in [0.05, 0.1) is 19.8 Å². The largest absolute Gasteiger partial charge is 0.351 e. The van der Waals surface area contributed by atoms with Gasteiger partial charge in [0.2, 0.25) is 0 Å². The van der Waals surface area contributed by atoms with Crippen LogP contribution in [0.5, 0.6) is 0 Å². The minimum absolute atomic E-state index is 0.102. The molecule has 0 radical (unpaired) electrons. The molecule has 6 heteroatoms. The highest BCUT2D eigenvalue weighted by atomic mass is 16.7. The number of ether oxygens (including phenoxy) is 2. The molecule has 1 aromatic heterocycles. The summed E-state index contributed by atoms with van der Waals surface area (Å²) in [4.78, 5) is 21.0. The van der Waals surface area contributed by atoms with Gasteiger partial charge in [0.15, 0.2) is 5.79 Å². The molecule has 1 N–H and O–H groups in total. The summed E-state index contributed by atoms with van der Waals surface area (Å²) < 4.78 is 11.5. The second kappa shape index (κ2) is 4.94. The molecule has 2 fully saturated rings. The lowest BCUT2D eigenvalue weighted by Crippen LogP contribution is -2.49. The van der Waals surface area contributed by atoms with Gasteiger partial charge < -0.3 is 19.4 Å². The van der Waals surface area contributed by atoms with Crippen LogP contribution in [0.3, 0.4) is 0 Å². The van der Waals surface area contributed by atoms with Crippen LogP contribution in [0.2, 0.25) is 0 Å². The van der Waals surface area contributed by atoms with E-state index in [2.05, 4.69) is 14.9 Å². The van der Waals surface area contributed by atoms with E-state index < -0.39 is 5.79 Å². The van der Waals surface area contributed by atoms with E-state index >= 15 is 0 Å². The summed E-state index contributed by atoms with van der Waals surface area (Å²) in [5, 5.41) is 0. The first-order valence-corrected chi connectivity index (χ1v) is 6.84. The van der Waals surface area contributed by atoms with Crippen molar-refractivity contribution in [3.63, 3.8) is 0 Å². The van der Waals surface area contributed by atoms with Crippen LogP contribution in [0, 0.1) is 0 Å². The van der Waals surface area contributed by atoms with Crippen molar-refractivity contribution < 1.29 is 9.47 Å². The maximum absolute atomic E-state index is 11.6. The maximum Gasteiger partial charge on any atom is 0.252 e. The van der Waals surface area contributed by atoms with Crippen molar-refractivity contribution in [3.05, 3.63) is 22.2 Å². The molecule has 0 unspecified atom stereocenters. The molecule has 2 aliphatic heterocycles. The van der Waals surface area contributed by atoms with Crippen molar-refractivity contribution in [3.8, 4) is 0 Å². The molecule has 104 valence electrons. The molecule has 1 aromatic rings. The van der Waals surface area contributed by atoms with Crippen LogP contribution in [-0.4, -0.2) is 42.1 Å². The van der Waals surface area contributed by atoms with Crippen LogP contribution < -0.4 is 10.5 Å². The number of hydrogen-bond donors (Lipinski definition) is 1. The summed E-state index contributed by atoms with van der Waals surface area (Å²) >= 11 is 0. The minimum atomic E-state index is -0.491. The van der Waals surface area contributed by atoms with Gasteiger partial charge in [0.25, 0.3) is 5.56 Å². The summed E-state index contributed by atoms with van der Waals surface area (Å²) in [5.41, 5.74) is -0.102. The monoisotopic (exact) mass is 265 g/mol. The van der Waals surface area contributed by atoms with Crippen LogP contribution in [0.1, 0.15) is 25.6 Å². The van der Waals surface area contributed by atoms with Crippen molar-refractivity contribution in [2.45, 2.75) is 32.0 Å². The normalized spacial score (nSPS) is 22.1. The zero-order chi connectivity index (χ0) is 13.3. The summed E-state index contributed by atoms with van der Waals surface area (Å²) in [6.45, 7) is 4.80. The molecule has 19 heavy (non-hydrogen) atoms. The van der Waals surface area contributed by atoms with Crippen LogP contribution in [0.25, 0.3) is 0 Å². The van der Waals surface area contributed by atoms with Gasteiger partial charge in [0, 0.05) is 25.5 Å². The number of nitrogens with one attached hydrogen (secondary N) is 1. The third-order valence-electron chi connectivity index (χ3n) is 3.67. The highest BCUT2D eigenvalue weighted by Crippen LogP contribution is 2.31. The Morgan fingerprint density at radius 2 is 2.26 bits per heavy atom. The molecule has 0 aliphatic carbocycles. The van der Waals surface area contributed by atoms with Crippen LogP contribution in [-0.2, 0) is 15.9 Å². The Hall–Kier alpha value is -1.40. The number of piperidine rings is 1. The van der Waals surface area contributed by atoms with E-state index in [1.54, 1.807) is 6.07 Å². The molecule has 2 saturated heterocycles. The molecule has 2 aliphatic rings. The Bertz CT molecular complexity index is 508. The summed E-state index contributed by atoms with van der Waals surface area (Å²) in [6, 6.07) is 1.55. The quantitative estimate of drug-likeness (QED) is 0.851. The highest BCUT2D eigenvalue weighted by molar-refractivity contribution is 5.38. The molecule has 0 bridgehead atoms. The lowest BCUT2D eigenvalue weighted by Gasteiger charge is -2.39. The standard InChI is InChI=1S/C13H19N3O3/c1-2-10-14-11(8-12(17)15-10)16-5-3-4-13(9-16)18-6-7-19-13/h8H,2-7,9H2,1H3,(H,14,15,17). The van der Waals surface area contributed by atoms with E-state index in [1.165, 1.54) is 0 Å². The third-order valence-corrected chi connectivity index (χ3v) is 3.67. The number of aryl methyl sites for hydroxylation is 1. The van der Waals surface area contributed by atoms with Gasteiger partial charge in [-0.1, -0.05) is 6.92 Å². The smallest absolute Gasteiger partial charge is 0.252 e. The Morgan fingerprint density at radius 1 is 1.47 bits per heavy atom. The highest BCUT2D eigenvalue weighted by Gasteiger charge is 2.41. The summed E-state index contributed by atoms with van der Waals surface area (Å²) in [6.07, 6.45) is 2.61. The van der Waals surface area contributed by atoms with Crippen molar-refractivity contribution in [2.75, 3.05) is 31.2 Å². The van der Waals surface area contributed by atoms with Gasteiger partial charge in [-0.3, -0.25) is 4.79 Å². The number of nitrogens with zero attached hydrogens (tertiary/aromatic N) is 2. The molecule has 0 aromatic carbocycles. The Labute approximate surface area is 111 Å². The molecule has 6 nitrogen and oxygen atoms in total. The topological polar surface area (TPSA) is 67.5 Å². The molecular formula is C13H19N3O3. The summed E-state index contributed by atoms with van der Waals surface area (Å²) in [7, 11) is 0. The first-order chi connectivity index (χ1) is 9.21. The summed E-state index contributed by atoms with van der Waals surface area (Å²) in [5.74, 6) is 0.948. The molecule has 0 saturated carbocycles. The number of hydrogen-bond acceptors (Lipinski definition) is 5. The Kier molecular flexibility index (Phi) is 3.28. The fourth-order valence-electron chi connectivity index (χ4n) is 2.74. The predicted octanol–water partition coefficient (Wildman–Crippen LogP) is 0.676. The minimum Gasteiger partial charge on any atom is -0.351 e. The third kappa shape index (κ3) is 2.50. The first kappa shape index (κ1) is 12.6. The number of aromatic amines is 1. The van der Waals surface area contributed by atoms with E-state index in [0.717, 1.165) is 37.4 Å². The Morgan fingerprint density at radius 3 is 3.00 bits per heavy atom. The van der Waals surface area contributed by atoms with Gasteiger partial charge in [-0.05, 0) is 6.42 Å². The lowest BCUT2D eigenvalue weighted by atomic mass is 10.0. The maximum atomic E-state index is 11.6. The van der Waals surface area contributed by atoms with Gasteiger partial charge >= 0.3 is 0 Å². The molecule has 0 amide bonds. The van der Waals surface area contributed by atoms with Gasteiger partial charge in [0.1, 0.15) is 11.6 Å². The molecule has 3 heterocycles. The first-order valence-electron chi connectivity index (χ1n) is 6.84. The zero-order valence-electron chi connectivity index (χ0n) is 11.1. The van der Waals surface area contributed by atoms with Crippen molar-refractivity contribution in [1.82, 2.24) is 9.97 Å². The number of rotatable bonds is 2. The van der Waals surface area contributed by atoms with Gasteiger partial charge in [-0.2, -0.15) is 0 Å². The lowest BCUT2D eigenvalue weighted by molar-refractivity contribution is -0.161. The predicted molar refractivity (Wildman–Crippen MR) is 70.3 cm³/mol. The Balaban J connectivity index is 1.85. The number of anilines is 1. The average Bonchev–Trinajstić information content (AvgIpc) is 2.86. The van der Waals surface area contributed by atoms with Crippen molar-refractivity contribution in [2.24, 2.45) is 0 Å².